The maximum atomic E-state index is 13.0. The lowest BCUT2D eigenvalue weighted by Crippen LogP contribution is -2.40. The van der Waals surface area contributed by atoms with Crippen LogP contribution in [0.3, 0.4) is 0 Å². The third-order valence-electron chi connectivity index (χ3n) is 5.48. The first kappa shape index (κ1) is 20.8. The molecule has 1 aliphatic heterocycles. The van der Waals surface area contributed by atoms with Crippen LogP contribution in [-0.2, 0) is 13.1 Å². The zero-order valence-corrected chi connectivity index (χ0v) is 19.1. The van der Waals surface area contributed by atoms with Gasteiger partial charge < -0.3 is 9.47 Å². The van der Waals surface area contributed by atoms with Gasteiger partial charge in [0.15, 0.2) is 5.13 Å². The number of urea groups is 1. The number of aryl methyl sites for hydroxylation is 2. The van der Waals surface area contributed by atoms with E-state index in [1.54, 1.807) is 17.2 Å². The van der Waals surface area contributed by atoms with E-state index >= 15 is 0 Å². The van der Waals surface area contributed by atoms with Gasteiger partial charge in [-0.3, -0.25) is 10.3 Å². The van der Waals surface area contributed by atoms with Crippen LogP contribution in [0.1, 0.15) is 22.8 Å². The summed E-state index contributed by atoms with van der Waals surface area (Å²) in [6.07, 6.45) is 3.68. The standard InChI is InChI=1S/C24H21N7OS/c1-15-10-19(11-16(2)27-15)22-21(18-5-3-4-17(12-18)13-25)28-23(33-22)29-24(32)31-9-8-30-7-6-26-20(30)14-31/h3-7,10-12H,8-9,14H2,1-2H3,(H,28,29,32). The highest BCUT2D eigenvalue weighted by molar-refractivity contribution is 7.19. The smallest absolute Gasteiger partial charge is 0.324 e. The van der Waals surface area contributed by atoms with Gasteiger partial charge in [0.25, 0.3) is 0 Å². The van der Waals surface area contributed by atoms with Crippen molar-refractivity contribution in [2.75, 3.05) is 11.9 Å². The van der Waals surface area contributed by atoms with Crippen molar-refractivity contribution in [3.8, 4) is 27.8 Å². The van der Waals surface area contributed by atoms with E-state index in [1.165, 1.54) is 11.3 Å². The van der Waals surface area contributed by atoms with Crippen molar-refractivity contribution in [2.45, 2.75) is 26.9 Å². The Labute approximate surface area is 195 Å². The fourth-order valence-corrected chi connectivity index (χ4v) is 4.95. The molecule has 4 aromatic rings. The molecule has 1 N–H and O–H groups in total. The number of pyridine rings is 1. The second-order valence-electron chi connectivity index (χ2n) is 7.92. The van der Waals surface area contributed by atoms with Crippen LogP contribution in [0.5, 0.6) is 0 Å². The third kappa shape index (κ3) is 4.21. The number of nitriles is 1. The minimum absolute atomic E-state index is 0.205. The number of amides is 2. The quantitative estimate of drug-likeness (QED) is 0.486. The van der Waals surface area contributed by atoms with Gasteiger partial charge in [-0.05, 0) is 43.7 Å². The Bertz CT molecular complexity index is 1380. The molecule has 0 atom stereocenters. The monoisotopic (exact) mass is 455 g/mol. The normalized spacial score (nSPS) is 12.8. The number of carbonyl (C=O) groups excluding carboxylic acids is 1. The second kappa shape index (κ2) is 8.48. The topological polar surface area (TPSA) is 99.7 Å². The van der Waals surface area contributed by atoms with Gasteiger partial charge in [-0.1, -0.05) is 23.5 Å². The number of aromatic nitrogens is 4. The largest absolute Gasteiger partial charge is 0.332 e. The summed E-state index contributed by atoms with van der Waals surface area (Å²) in [5.41, 5.74) is 4.91. The molecular weight excluding hydrogens is 434 g/mol. The lowest BCUT2D eigenvalue weighted by Gasteiger charge is -2.27. The Hall–Kier alpha value is -4.03. The molecule has 0 saturated heterocycles. The van der Waals surface area contributed by atoms with Gasteiger partial charge in [0.2, 0.25) is 0 Å². The van der Waals surface area contributed by atoms with Crippen molar-refractivity contribution in [1.29, 1.82) is 5.26 Å². The summed E-state index contributed by atoms with van der Waals surface area (Å²) in [5, 5.41) is 12.8. The number of hydrogen-bond donors (Lipinski definition) is 1. The summed E-state index contributed by atoms with van der Waals surface area (Å²) in [6.45, 7) is 5.69. The van der Waals surface area contributed by atoms with Crippen LogP contribution in [0.2, 0.25) is 0 Å². The van der Waals surface area contributed by atoms with Crippen molar-refractivity contribution in [2.24, 2.45) is 0 Å². The molecule has 0 fully saturated rings. The Balaban J connectivity index is 1.50. The number of anilines is 1. The Morgan fingerprint density at radius 1 is 1.12 bits per heavy atom. The highest BCUT2D eigenvalue weighted by Gasteiger charge is 2.23. The van der Waals surface area contributed by atoms with Crippen LogP contribution in [0.4, 0.5) is 9.93 Å². The molecule has 0 radical (unpaired) electrons. The van der Waals surface area contributed by atoms with Crippen molar-refractivity contribution in [3.05, 3.63) is 71.6 Å². The zero-order valence-electron chi connectivity index (χ0n) is 18.2. The number of carbonyl (C=O) groups is 1. The molecule has 9 heteroatoms. The lowest BCUT2D eigenvalue weighted by molar-refractivity contribution is 0.195. The first-order valence-electron chi connectivity index (χ1n) is 10.5. The maximum Gasteiger partial charge on any atom is 0.324 e. The predicted molar refractivity (Wildman–Crippen MR) is 127 cm³/mol. The van der Waals surface area contributed by atoms with Crippen molar-refractivity contribution < 1.29 is 4.79 Å². The highest BCUT2D eigenvalue weighted by Crippen LogP contribution is 2.39. The second-order valence-corrected chi connectivity index (χ2v) is 8.92. The molecule has 8 nitrogen and oxygen atoms in total. The van der Waals surface area contributed by atoms with Gasteiger partial charge in [-0.25, -0.2) is 14.8 Å². The highest BCUT2D eigenvalue weighted by atomic mass is 32.1. The SMILES string of the molecule is Cc1cc(-c2sc(NC(=O)N3CCn4ccnc4C3)nc2-c2cccc(C#N)c2)cc(C)n1. The first-order valence-corrected chi connectivity index (χ1v) is 11.3. The van der Waals surface area contributed by atoms with Crippen molar-refractivity contribution >= 4 is 22.5 Å². The van der Waals surface area contributed by atoms with Gasteiger partial charge in [-0.15, -0.1) is 0 Å². The third-order valence-corrected chi connectivity index (χ3v) is 6.50. The van der Waals surface area contributed by atoms with E-state index in [-0.39, 0.29) is 6.03 Å². The summed E-state index contributed by atoms with van der Waals surface area (Å²) >= 11 is 1.42. The zero-order chi connectivity index (χ0) is 22.9. The molecular formula is C24H21N7OS. The molecule has 0 saturated carbocycles. The molecule has 1 aliphatic rings. The van der Waals surface area contributed by atoms with E-state index < -0.39 is 0 Å². The summed E-state index contributed by atoms with van der Waals surface area (Å²) in [5.74, 6) is 0.868. The Kier molecular flexibility index (Phi) is 5.36. The fourth-order valence-electron chi connectivity index (χ4n) is 3.98. The molecule has 2 amide bonds. The van der Waals surface area contributed by atoms with Gasteiger partial charge in [0.05, 0.1) is 28.7 Å². The first-order chi connectivity index (χ1) is 16.0. The van der Waals surface area contributed by atoms with Crippen LogP contribution in [0.15, 0.2) is 48.8 Å². The molecule has 4 heterocycles. The summed E-state index contributed by atoms with van der Waals surface area (Å²) in [4.78, 5) is 29.2. The van der Waals surface area contributed by atoms with Crippen LogP contribution >= 0.6 is 11.3 Å². The van der Waals surface area contributed by atoms with Crippen LogP contribution in [-0.4, -0.2) is 37.0 Å². The molecule has 0 spiro atoms. The number of benzene rings is 1. The summed E-state index contributed by atoms with van der Waals surface area (Å²) in [6, 6.07) is 13.3. The van der Waals surface area contributed by atoms with E-state index in [0.29, 0.717) is 30.3 Å². The number of hydrogen-bond acceptors (Lipinski definition) is 6. The van der Waals surface area contributed by atoms with Crippen LogP contribution in [0.25, 0.3) is 21.7 Å². The predicted octanol–water partition coefficient (Wildman–Crippen LogP) is 4.60. The average molecular weight is 456 g/mol. The van der Waals surface area contributed by atoms with E-state index in [4.69, 9.17) is 4.98 Å². The van der Waals surface area contributed by atoms with E-state index in [0.717, 1.165) is 38.9 Å². The number of imidazole rings is 1. The number of nitrogens with one attached hydrogen (secondary N) is 1. The van der Waals surface area contributed by atoms with Crippen LogP contribution in [0, 0.1) is 25.2 Å². The summed E-state index contributed by atoms with van der Waals surface area (Å²) < 4.78 is 2.06. The number of nitrogens with zero attached hydrogens (tertiary/aromatic N) is 6. The maximum absolute atomic E-state index is 13.0. The minimum Gasteiger partial charge on any atom is -0.332 e. The van der Waals surface area contributed by atoms with Gasteiger partial charge in [-0.2, -0.15) is 5.26 Å². The van der Waals surface area contributed by atoms with E-state index in [9.17, 15) is 10.1 Å². The Morgan fingerprint density at radius 2 is 1.94 bits per heavy atom. The molecule has 3 aromatic heterocycles. The van der Waals surface area contributed by atoms with E-state index in [1.807, 2.05) is 50.4 Å². The number of thiazole rings is 1. The molecule has 5 rings (SSSR count). The molecule has 33 heavy (non-hydrogen) atoms. The van der Waals surface area contributed by atoms with Gasteiger partial charge >= 0.3 is 6.03 Å². The van der Waals surface area contributed by atoms with Crippen molar-refractivity contribution in [1.82, 2.24) is 24.4 Å². The molecule has 164 valence electrons. The minimum atomic E-state index is -0.205. The lowest BCUT2D eigenvalue weighted by atomic mass is 10.0. The summed E-state index contributed by atoms with van der Waals surface area (Å²) in [7, 11) is 0. The van der Waals surface area contributed by atoms with Gasteiger partial charge in [0.1, 0.15) is 5.82 Å². The number of fused-ring (bicyclic) bond motifs is 1. The molecule has 0 bridgehead atoms. The Morgan fingerprint density at radius 3 is 2.73 bits per heavy atom. The van der Waals surface area contributed by atoms with Crippen molar-refractivity contribution in [3.63, 3.8) is 0 Å². The van der Waals surface area contributed by atoms with Gasteiger partial charge in [0, 0.05) is 42.4 Å². The number of rotatable bonds is 3. The molecule has 0 aliphatic carbocycles. The van der Waals surface area contributed by atoms with Crippen LogP contribution < -0.4 is 5.32 Å². The molecule has 1 aromatic carbocycles. The average Bonchev–Trinajstić information content (AvgIpc) is 3.45. The molecule has 0 unspecified atom stereocenters. The van der Waals surface area contributed by atoms with E-state index in [2.05, 4.69) is 25.9 Å². The fraction of sp³-hybridized carbons (Fsp3) is 0.208.